The van der Waals surface area contributed by atoms with Crippen LogP contribution in [0.25, 0.3) is 11.0 Å². The summed E-state index contributed by atoms with van der Waals surface area (Å²) in [5.41, 5.74) is 3.39. The number of ether oxygens (including phenoxy) is 2. The molecule has 0 saturated carbocycles. The van der Waals surface area contributed by atoms with Crippen LogP contribution in [0.1, 0.15) is 24.2 Å². The minimum absolute atomic E-state index is 0.278. The molecule has 0 bridgehead atoms. The fourth-order valence-corrected chi connectivity index (χ4v) is 3.21. The lowest BCUT2D eigenvalue weighted by Gasteiger charge is -2.14. The van der Waals surface area contributed by atoms with Crippen molar-refractivity contribution < 1.29 is 9.47 Å². The molecule has 1 fully saturated rings. The normalized spacial score (nSPS) is 17.5. The number of hydrogen-bond donors (Lipinski definition) is 0. The minimum Gasteiger partial charge on any atom is -0.486 e. The number of hydrogen-bond acceptors (Lipinski definition) is 3. The molecule has 124 valence electrons. The van der Waals surface area contributed by atoms with Crippen molar-refractivity contribution in [1.29, 1.82) is 0 Å². The number of rotatable bonds is 5. The van der Waals surface area contributed by atoms with Crippen LogP contribution < -0.4 is 4.74 Å². The molecule has 3 aromatic rings. The lowest BCUT2D eigenvalue weighted by Crippen LogP contribution is -2.17. The van der Waals surface area contributed by atoms with E-state index in [1.807, 2.05) is 18.2 Å². The van der Waals surface area contributed by atoms with Crippen LogP contribution in [0.3, 0.4) is 0 Å². The second kappa shape index (κ2) is 6.65. The molecule has 2 aromatic carbocycles. The third-order valence-corrected chi connectivity index (χ3v) is 4.53. The number of para-hydroxylation sites is 2. The molecule has 0 spiro atoms. The monoisotopic (exact) mass is 322 g/mol. The van der Waals surface area contributed by atoms with Gasteiger partial charge in [0.05, 0.1) is 23.7 Å². The van der Waals surface area contributed by atoms with Crippen molar-refractivity contribution in [3.63, 3.8) is 0 Å². The highest BCUT2D eigenvalue weighted by atomic mass is 16.5. The summed E-state index contributed by atoms with van der Waals surface area (Å²) in [6.45, 7) is 4.24. The molecular weight excluding hydrogens is 300 g/mol. The molecule has 4 rings (SSSR count). The van der Waals surface area contributed by atoms with Crippen LogP contribution in [0.5, 0.6) is 5.75 Å². The maximum atomic E-state index is 5.96. The molecule has 1 aromatic heterocycles. The SMILES string of the molecule is Cc1ccc(OCc2nc3ccccc3n2CC2CCCO2)cc1. The Morgan fingerprint density at radius 2 is 2.00 bits per heavy atom. The Kier molecular flexibility index (Phi) is 4.22. The van der Waals surface area contributed by atoms with Crippen LogP contribution in [0.2, 0.25) is 0 Å². The van der Waals surface area contributed by atoms with Crippen LogP contribution in [0, 0.1) is 6.92 Å². The van der Waals surface area contributed by atoms with Crippen molar-refractivity contribution in [1.82, 2.24) is 9.55 Å². The molecule has 1 aliphatic heterocycles. The van der Waals surface area contributed by atoms with E-state index < -0.39 is 0 Å². The highest BCUT2D eigenvalue weighted by Crippen LogP contribution is 2.22. The van der Waals surface area contributed by atoms with E-state index in [-0.39, 0.29) is 6.10 Å². The second-order valence-electron chi connectivity index (χ2n) is 6.36. The third-order valence-electron chi connectivity index (χ3n) is 4.53. The van der Waals surface area contributed by atoms with Crippen LogP contribution in [0.15, 0.2) is 48.5 Å². The summed E-state index contributed by atoms with van der Waals surface area (Å²) in [5.74, 6) is 1.82. The number of aryl methyl sites for hydroxylation is 1. The highest BCUT2D eigenvalue weighted by Gasteiger charge is 2.19. The molecule has 24 heavy (non-hydrogen) atoms. The Labute approximate surface area is 142 Å². The van der Waals surface area contributed by atoms with E-state index in [0.717, 1.165) is 48.6 Å². The van der Waals surface area contributed by atoms with Gasteiger partial charge >= 0.3 is 0 Å². The van der Waals surface area contributed by atoms with E-state index in [0.29, 0.717) is 6.61 Å². The van der Waals surface area contributed by atoms with E-state index >= 15 is 0 Å². The number of benzene rings is 2. The van der Waals surface area contributed by atoms with Crippen LogP contribution in [-0.2, 0) is 17.9 Å². The minimum atomic E-state index is 0.278. The number of fused-ring (bicyclic) bond motifs is 1. The van der Waals surface area contributed by atoms with Crippen molar-refractivity contribution in [2.24, 2.45) is 0 Å². The molecule has 1 atom stereocenters. The zero-order chi connectivity index (χ0) is 16.4. The van der Waals surface area contributed by atoms with Gasteiger partial charge in [-0.25, -0.2) is 4.98 Å². The zero-order valence-corrected chi connectivity index (χ0v) is 13.9. The predicted octanol–water partition coefficient (Wildman–Crippen LogP) is 4.10. The van der Waals surface area contributed by atoms with Crippen molar-refractivity contribution in [2.45, 2.75) is 39.0 Å². The molecule has 0 N–H and O–H groups in total. The molecule has 0 aliphatic carbocycles. The second-order valence-corrected chi connectivity index (χ2v) is 6.36. The maximum absolute atomic E-state index is 5.96. The third kappa shape index (κ3) is 3.15. The predicted molar refractivity (Wildman–Crippen MR) is 94.2 cm³/mol. The van der Waals surface area contributed by atoms with Crippen LogP contribution in [0.4, 0.5) is 0 Å². The molecule has 4 heteroatoms. The van der Waals surface area contributed by atoms with Gasteiger partial charge in [0, 0.05) is 6.61 Å². The standard InChI is InChI=1S/C20H22N2O2/c1-15-8-10-16(11-9-15)24-14-20-21-18-6-2-3-7-19(18)22(20)13-17-5-4-12-23-17/h2-3,6-11,17H,4-5,12-14H2,1H3. The Bertz CT molecular complexity index is 817. The number of nitrogens with zero attached hydrogens (tertiary/aromatic N) is 2. The average Bonchev–Trinajstić information content (AvgIpc) is 3.23. The number of aromatic nitrogens is 2. The van der Waals surface area contributed by atoms with Gasteiger partial charge in [-0.15, -0.1) is 0 Å². The first-order valence-electron chi connectivity index (χ1n) is 8.55. The summed E-state index contributed by atoms with van der Waals surface area (Å²) in [6.07, 6.45) is 2.54. The summed E-state index contributed by atoms with van der Waals surface area (Å²) in [7, 11) is 0. The fourth-order valence-electron chi connectivity index (χ4n) is 3.21. The average molecular weight is 322 g/mol. The van der Waals surface area contributed by atoms with Gasteiger partial charge < -0.3 is 14.0 Å². The van der Waals surface area contributed by atoms with Gasteiger partial charge in [0.25, 0.3) is 0 Å². The number of imidazole rings is 1. The summed E-state index contributed by atoms with van der Waals surface area (Å²) < 4.78 is 14.0. The van der Waals surface area contributed by atoms with Gasteiger partial charge in [-0.1, -0.05) is 29.8 Å². The molecular formula is C20H22N2O2. The molecule has 4 nitrogen and oxygen atoms in total. The van der Waals surface area contributed by atoms with Gasteiger partial charge in [-0.05, 0) is 44.0 Å². The Hall–Kier alpha value is -2.33. The van der Waals surface area contributed by atoms with Crippen molar-refractivity contribution in [3.05, 3.63) is 59.9 Å². The first-order chi connectivity index (χ1) is 11.8. The van der Waals surface area contributed by atoms with E-state index in [4.69, 9.17) is 14.5 Å². The van der Waals surface area contributed by atoms with Crippen molar-refractivity contribution >= 4 is 11.0 Å². The lowest BCUT2D eigenvalue weighted by atomic mass is 10.2. The van der Waals surface area contributed by atoms with Crippen molar-refractivity contribution in [3.8, 4) is 5.75 Å². The van der Waals surface area contributed by atoms with E-state index in [2.05, 4.69) is 41.8 Å². The van der Waals surface area contributed by atoms with Gasteiger partial charge in [-0.2, -0.15) is 0 Å². The maximum Gasteiger partial charge on any atom is 0.148 e. The first kappa shape index (κ1) is 15.2. The highest BCUT2D eigenvalue weighted by molar-refractivity contribution is 5.75. The van der Waals surface area contributed by atoms with Crippen LogP contribution in [-0.4, -0.2) is 22.3 Å². The van der Waals surface area contributed by atoms with E-state index in [1.165, 1.54) is 5.56 Å². The Balaban J connectivity index is 1.59. The molecule has 1 saturated heterocycles. The molecule has 1 aliphatic rings. The van der Waals surface area contributed by atoms with Gasteiger partial charge in [0.2, 0.25) is 0 Å². The van der Waals surface area contributed by atoms with E-state index in [9.17, 15) is 0 Å². The zero-order valence-electron chi connectivity index (χ0n) is 13.9. The molecule has 1 unspecified atom stereocenters. The summed E-state index contributed by atoms with van der Waals surface area (Å²) in [4.78, 5) is 4.77. The Morgan fingerprint density at radius 1 is 1.17 bits per heavy atom. The largest absolute Gasteiger partial charge is 0.486 e. The fraction of sp³-hybridized carbons (Fsp3) is 0.350. The molecule has 0 amide bonds. The van der Waals surface area contributed by atoms with Gasteiger partial charge in [0.15, 0.2) is 0 Å². The first-order valence-corrected chi connectivity index (χ1v) is 8.55. The van der Waals surface area contributed by atoms with Crippen molar-refractivity contribution in [2.75, 3.05) is 6.61 Å². The molecule has 0 radical (unpaired) electrons. The van der Waals surface area contributed by atoms with Crippen LogP contribution >= 0.6 is 0 Å². The van der Waals surface area contributed by atoms with Gasteiger partial charge in [-0.3, -0.25) is 0 Å². The van der Waals surface area contributed by atoms with Gasteiger partial charge in [0.1, 0.15) is 18.2 Å². The summed E-state index contributed by atoms with van der Waals surface area (Å²) in [6, 6.07) is 16.4. The smallest absolute Gasteiger partial charge is 0.148 e. The summed E-state index contributed by atoms with van der Waals surface area (Å²) >= 11 is 0. The topological polar surface area (TPSA) is 36.3 Å². The Morgan fingerprint density at radius 3 is 2.79 bits per heavy atom. The quantitative estimate of drug-likeness (QED) is 0.709. The van der Waals surface area contributed by atoms with E-state index in [1.54, 1.807) is 0 Å². The molecule has 2 heterocycles. The summed E-state index contributed by atoms with van der Waals surface area (Å²) in [5, 5.41) is 0. The lowest BCUT2D eigenvalue weighted by molar-refractivity contribution is 0.0963.